The van der Waals surface area contributed by atoms with Gasteiger partial charge in [-0.25, -0.2) is 0 Å². The monoisotopic (exact) mass is 404 g/mol. The fraction of sp³-hybridized carbons (Fsp3) is 0.708. The second-order valence-electron chi connectivity index (χ2n) is 8.67. The Labute approximate surface area is 175 Å². The molecule has 0 spiro atoms. The fourth-order valence-corrected chi connectivity index (χ4v) is 4.46. The molecule has 2 radical (unpaired) electrons. The van der Waals surface area contributed by atoms with Gasteiger partial charge in [0, 0.05) is 13.3 Å². The van der Waals surface area contributed by atoms with Crippen LogP contribution in [0.4, 0.5) is 0 Å². The predicted octanol–water partition coefficient (Wildman–Crippen LogP) is 6.06. The van der Waals surface area contributed by atoms with Crippen molar-refractivity contribution in [3.8, 4) is 0 Å². The summed E-state index contributed by atoms with van der Waals surface area (Å²) in [6.07, 6.45) is 11.9. The topological polar surface area (TPSA) is 35.5 Å². The molecule has 0 bridgehead atoms. The number of ether oxygens (including phenoxy) is 1. The van der Waals surface area contributed by atoms with Crippen molar-refractivity contribution in [3.05, 3.63) is 29.8 Å². The molecule has 0 aromatic heterocycles. The van der Waals surface area contributed by atoms with Crippen molar-refractivity contribution >= 4 is 20.9 Å². The van der Waals surface area contributed by atoms with Crippen LogP contribution < -0.4 is 5.19 Å². The lowest BCUT2D eigenvalue weighted by molar-refractivity contribution is -0.161. The first-order chi connectivity index (χ1) is 13.3. The highest BCUT2D eigenvalue weighted by Gasteiger charge is 2.20. The molecule has 0 saturated carbocycles. The van der Waals surface area contributed by atoms with Gasteiger partial charge < -0.3 is 9.16 Å². The molecular formula is C24H40O3Si. The first-order valence-corrected chi connectivity index (χ1v) is 11.9. The van der Waals surface area contributed by atoms with Crippen LogP contribution in [0.3, 0.4) is 0 Å². The van der Waals surface area contributed by atoms with Gasteiger partial charge in [0.25, 0.3) is 9.76 Å². The maximum Gasteiger partial charge on any atom is 0.304 e. The van der Waals surface area contributed by atoms with E-state index in [1.807, 2.05) is 6.07 Å². The van der Waals surface area contributed by atoms with Crippen LogP contribution in [0.1, 0.15) is 104 Å². The van der Waals surface area contributed by atoms with Gasteiger partial charge in [0.05, 0.1) is 0 Å². The van der Waals surface area contributed by atoms with Gasteiger partial charge in [-0.3, -0.25) is 4.79 Å². The molecule has 0 N–H and O–H groups in total. The van der Waals surface area contributed by atoms with Gasteiger partial charge >= 0.3 is 5.97 Å². The van der Waals surface area contributed by atoms with Crippen molar-refractivity contribution in [3.63, 3.8) is 0 Å². The minimum atomic E-state index is -0.437. The third kappa shape index (κ3) is 11.0. The zero-order valence-electron chi connectivity index (χ0n) is 18.7. The van der Waals surface area contributed by atoms with Crippen LogP contribution in [0, 0.1) is 0 Å². The summed E-state index contributed by atoms with van der Waals surface area (Å²) in [4.78, 5) is 11.5. The highest BCUT2D eigenvalue weighted by molar-refractivity contribution is 6.47. The van der Waals surface area contributed by atoms with Crippen molar-refractivity contribution < 1.29 is 14.0 Å². The Morgan fingerprint density at radius 2 is 1.54 bits per heavy atom. The second kappa shape index (κ2) is 13.9. The average Bonchev–Trinajstić information content (AvgIpc) is 2.63. The Morgan fingerprint density at radius 1 is 0.964 bits per heavy atom. The number of rotatable bonds is 14. The number of esters is 1. The molecule has 158 valence electrons. The maximum atomic E-state index is 11.5. The van der Waals surface area contributed by atoms with E-state index in [0.29, 0.717) is 0 Å². The average molecular weight is 405 g/mol. The number of carbonyl (C=O) groups is 1. The Kier molecular flexibility index (Phi) is 12.4. The van der Waals surface area contributed by atoms with E-state index in [2.05, 4.69) is 45.9 Å². The van der Waals surface area contributed by atoms with Crippen molar-refractivity contribution in [2.75, 3.05) is 0 Å². The Hall–Kier alpha value is -1.13. The minimum absolute atomic E-state index is 0.0704. The summed E-state index contributed by atoms with van der Waals surface area (Å²) in [6, 6.07) is 8.39. The van der Waals surface area contributed by atoms with E-state index >= 15 is 0 Å². The Bertz CT molecular complexity index is 551. The summed E-state index contributed by atoms with van der Waals surface area (Å²) in [5, 5.41) is 1.19. The highest BCUT2D eigenvalue weighted by Crippen LogP contribution is 2.20. The first kappa shape index (κ1) is 24.9. The molecular weight excluding hydrogens is 364 g/mol. The van der Waals surface area contributed by atoms with Gasteiger partial charge in [0.15, 0.2) is 6.29 Å². The molecule has 0 saturated heterocycles. The molecule has 0 fully saturated rings. The summed E-state index contributed by atoms with van der Waals surface area (Å²) >= 11 is 0. The lowest BCUT2D eigenvalue weighted by atomic mass is 9.87. The third-order valence-electron chi connectivity index (χ3n) is 4.88. The predicted molar refractivity (Wildman–Crippen MR) is 119 cm³/mol. The van der Waals surface area contributed by atoms with E-state index in [9.17, 15) is 4.79 Å². The van der Waals surface area contributed by atoms with Gasteiger partial charge in [0.2, 0.25) is 0 Å². The number of hydrogen-bond donors (Lipinski definition) is 0. The molecule has 1 aromatic rings. The number of carbonyl (C=O) groups excluding carboxylic acids is 1. The lowest BCUT2D eigenvalue weighted by Crippen LogP contribution is -2.32. The van der Waals surface area contributed by atoms with Crippen molar-refractivity contribution in [2.24, 2.45) is 0 Å². The van der Waals surface area contributed by atoms with E-state index in [1.165, 1.54) is 69.0 Å². The lowest BCUT2D eigenvalue weighted by Gasteiger charge is -2.24. The summed E-state index contributed by atoms with van der Waals surface area (Å²) in [6.45, 7) is 10.3. The molecule has 1 atom stereocenters. The highest BCUT2D eigenvalue weighted by atomic mass is 28.2. The second-order valence-corrected chi connectivity index (χ2v) is 9.65. The van der Waals surface area contributed by atoms with E-state index in [0.717, 1.165) is 12.8 Å². The number of unbranched alkanes of at least 4 members (excludes halogenated alkanes) is 8. The molecule has 0 heterocycles. The SMILES string of the molecule is CCCCCCCCCCCC(O[Si]c1ccccc1C(C)(C)C)OC(C)=O. The van der Waals surface area contributed by atoms with Gasteiger partial charge in [-0.2, -0.15) is 0 Å². The van der Waals surface area contributed by atoms with Crippen LogP contribution in [-0.4, -0.2) is 22.0 Å². The van der Waals surface area contributed by atoms with E-state index in [4.69, 9.17) is 9.16 Å². The summed E-state index contributed by atoms with van der Waals surface area (Å²) in [7, 11) is 0.191. The molecule has 1 unspecified atom stereocenters. The molecule has 1 aromatic carbocycles. The normalized spacial score (nSPS) is 12.8. The molecule has 0 aliphatic rings. The van der Waals surface area contributed by atoms with Crippen LogP contribution in [0.15, 0.2) is 24.3 Å². The molecule has 28 heavy (non-hydrogen) atoms. The van der Waals surface area contributed by atoms with Gasteiger partial charge in [-0.05, 0) is 22.6 Å². The Morgan fingerprint density at radius 3 is 2.11 bits per heavy atom. The molecule has 4 heteroatoms. The van der Waals surface area contributed by atoms with E-state index < -0.39 is 6.29 Å². The summed E-state index contributed by atoms with van der Waals surface area (Å²) in [5.41, 5.74) is 1.36. The van der Waals surface area contributed by atoms with Crippen LogP contribution in [-0.2, 0) is 19.4 Å². The summed E-state index contributed by atoms with van der Waals surface area (Å²) in [5.74, 6) is -0.269. The maximum absolute atomic E-state index is 11.5. The minimum Gasteiger partial charge on any atom is -0.437 e. The van der Waals surface area contributed by atoms with Crippen LogP contribution in [0.5, 0.6) is 0 Å². The van der Waals surface area contributed by atoms with Crippen molar-refractivity contribution in [2.45, 2.75) is 111 Å². The summed E-state index contributed by atoms with van der Waals surface area (Å²) < 4.78 is 11.4. The molecule has 0 aliphatic carbocycles. The molecule has 3 nitrogen and oxygen atoms in total. The fourth-order valence-electron chi connectivity index (χ4n) is 3.30. The van der Waals surface area contributed by atoms with Crippen LogP contribution in [0.2, 0.25) is 0 Å². The molecule has 0 aliphatic heterocycles. The first-order valence-electron chi connectivity index (χ1n) is 11.0. The van der Waals surface area contributed by atoms with Gasteiger partial charge in [0.1, 0.15) is 0 Å². The number of hydrogen-bond acceptors (Lipinski definition) is 3. The van der Waals surface area contributed by atoms with Crippen molar-refractivity contribution in [1.29, 1.82) is 0 Å². The van der Waals surface area contributed by atoms with Crippen molar-refractivity contribution in [1.82, 2.24) is 0 Å². The number of benzene rings is 1. The zero-order valence-corrected chi connectivity index (χ0v) is 19.7. The van der Waals surface area contributed by atoms with Crippen LogP contribution in [0.25, 0.3) is 0 Å². The van der Waals surface area contributed by atoms with E-state index in [-0.39, 0.29) is 21.1 Å². The third-order valence-corrected chi connectivity index (χ3v) is 5.91. The van der Waals surface area contributed by atoms with Gasteiger partial charge in [-0.1, -0.05) is 103 Å². The quantitative estimate of drug-likeness (QED) is 0.164. The smallest absolute Gasteiger partial charge is 0.304 e. The van der Waals surface area contributed by atoms with Gasteiger partial charge in [-0.15, -0.1) is 0 Å². The van der Waals surface area contributed by atoms with E-state index in [1.54, 1.807) is 0 Å². The van der Waals surface area contributed by atoms with Crippen LogP contribution >= 0.6 is 0 Å². The zero-order chi connectivity index (χ0) is 20.8. The largest absolute Gasteiger partial charge is 0.437 e. The molecule has 1 rings (SSSR count). The Balaban J connectivity index is 2.39. The standard InChI is InChI=1S/C24H40O3Si/c1-6-7-8-9-10-11-12-13-14-19-23(26-20(2)25)27-28-22-18-16-15-17-21(22)24(3,4)5/h15-18,23H,6-14,19H2,1-5H3. The molecule has 0 amide bonds.